The van der Waals surface area contributed by atoms with Gasteiger partial charge in [0.05, 0.1) is 11.2 Å². The average molecular weight is 286 g/mol. The van der Waals surface area contributed by atoms with E-state index in [2.05, 4.69) is 34.7 Å². The maximum atomic E-state index is 5.91. The Morgan fingerprint density at radius 3 is 2.81 bits per heavy atom. The predicted octanol–water partition coefficient (Wildman–Crippen LogP) is 3.05. The highest BCUT2D eigenvalue weighted by molar-refractivity contribution is 5.84. The molecule has 2 N–H and O–H groups in total. The van der Waals surface area contributed by atoms with Crippen LogP contribution in [0.1, 0.15) is 31.4 Å². The second-order valence-electron chi connectivity index (χ2n) is 6.47. The van der Waals surface area contributed by atoms with Crippen molar-refractivity contribution in [3.8, 4) is 0 Å². The van der Waals surface area contributed by atoms with Crippen molar-refractivity contribution in [2.45, 2.75) is 39.2 Å². The van der Waals surface area contributed by atoms with Crippen LogP contribution in [0, 0.1) is 12.8 Å². The van der Waals surface area contributed by atoms with Crippen LogP contribution in [-0.4, -0.2) is 34.8 Å². The number of hydrogen-bond acceptors (Lipinski definition) is 3. The molecule has 114 valence electrons. The van der Waals surface area contributed by atoms with Gasteiger partial charge in [0.15, 0.2) is 0 Å². The quantitative estimate of drug-likeness (QED) is 0.879. The van der Waals surface area contributed by atoms with Gasteiger partial charge in [-0.25, -0.2) is 0 Å². The van der Waals surface area contributed by atoms with Gasteiger partial charge < -0.3 is 10.6 Å². The van der Waals surface area contributed by atoms with Crippen LogP contribution in [0.5, 0.6) is 0 Å². The molecule has 0 saturated carbocycles. The number of aryl methyl sites for hydroxylation is 2. The summed E-state index contributed by atoms with van der Waals surface area (Å²) >= 11 is 0. The van der Waals surface area contributed by atoms with E-state index in [1.54, 1.807) is 0 Å². The summed E-state index contributed by atoms with van der Waals surface area (Å²) in [6, 6.07) is 6.09. The zero-order valence-corrected chi connectivity index (χ0v) is 13.2. The number of anilines is 1. The van der Waals surface area contributed by atoms with Crippen molar-refractivity contribution in [1.82, 2.24) is 14.7 Å². The minimum absolute atomic E-state index is 0.818. The van der Waals surface area contributed by atoms with Crippen molar-refractivity contribution < 1.29 is 0 Å². The second kappa shape index (κ2) is 6.06. The first-order chi connectivity index (χ1) is 10.1. The van der Waals surface area contributed by atoms with E-state index in [4.69, 9.17) is 5.73 Å². The Hall–Kier alpha value is -1.55. The highest BCUT2D eigenvalue weighted by atomic mass is 15.3. The van der Waals surface area contributed by atoms with Crippen molar-refractivity contribution in [2.24, 2.45) is 5.92 Å². The molecule has 4 nitrogen and oxygen atoms in total. The zero-order valence-electron chi connectivity index (χ0n) is 13.2. The van der Waals surface area contributed by atoms with E-state index in [0.717, 1.165) is 23.8 Å². The van der Waals surface area contributed by atoms with Crippen molar-refractivity contribution in [1.29, 1.82) is 0 Å². The van der Waals surface area contributed by atoms with Gasteiger partial charge in [-0.2, -0.15) is 5.10 Å². The van der Waals surface area contributed by atoms with Crippen molar-refractivity contribution in [3.63, 3.8) is 0 Å². The monoisotopic (exact) mass is 286 g/mol. The largest absolute Gasteiger partial charge is 0.399 e. The molecule has 4 heteroatoms. The Kier molecular flexibility index (Phi) is 4.15. The molecule has 1 aliphatic rings. The molecule has 1 fully saturated rings. The summed E-state index contributed by atoms with van der Waals surface area (Å²) < 4.78 is 2.13. The third-order valence-corrected chi connectivity index (χ3v) is 4.78. The Morgan fingerprint density at radius 2 is 2.05 bits per heavy atom. The number of likely N-dealkylation sites (tertiary alicyclic amines) is 1. The molecule has 1 aromatic heterocycles. The molecule has 2 aromatic rings. The van der Waals surface area contributed by atoms with Crippen LogP contribution >= 0.6 is 0 Å². The van der Waals surface area contributed by atoms with E-state index < -0.39 is 0 Å². The summed E-state index contributed by atoms with van der Waals surface area (Å²) in [5.41, 5.74) is 9.01. The number of fused-ring (bicyclic) bond motifs is 1. The first-order valence-corrected chi connectivity index (χ1v) is 8.04. The standard InChI is InChI=1S/C17H26N4/c1-13-16-6-5-15(18)12-17(16)21(19-13)9-3-4-14-7-10-20(2)11-8-14/h5-6,12,14H,3-4,7-11,18H2,1-2H3. The number of nitrogen functional groups attached to an aromatic ring is 1. The topological polar surface area (TPSA) is 47.1 Å². The maximum absolute atomic E-state index is 5.91. The number of nitrogens with zero attached hydrogens (tertiary/aromatic N) is 3. The average Bonchev–Trinajstić information content (AvgIpc) is 2.77. The van der Waals surface area contributed by atoms with Crippen LogP contribution in [0.15, 0.2) is 18.2 Å². The minimum atomic E-state index is 0.818. The summed E-state index contributed by atoms with van der Waals surface area (Å²) in [6.07, 6.45) is 5.22. The molecule has 0 radical (unpaired) electrons. The van der Waals surface area contributed by atoms with Gasteiger partial charge in [0.2, 0.25) is 0 Å². The molecule has 1 aliphatic heterocycles. The van der Waals surface area contributed by atoms with E-state index in [9.17, 15) is 0 Å². The first kappa shape index (κ1) is 14.4. The molecule has 21 heavy (non-hydrogen) atoms. The van der Waals surface area contributed by atoms with E-state index in [1.165, 1.54) is 49.7 Å². The fraction of sp³-hybridized carbons (Fsp3) is 0.588. The van der Waals surface area contributed by atoms with Crippen LogP contribution in [0.25, 0.3) is 10.9 Å². The summed E-state index contributed by atoms with van der Waals surface area (Å²) in [4.78, 5) is 2.43. The van der Waals surface area contributed by atoms with Crippen LogP contribution in [-0.2, 0) is 6.54 Å². The highest BCUT2D eigenvalue weighted by Gasteiger charge is 2.16. The van der Waals surface area contributed by atoms with Gasteiger partial charge in [0, 0.05) is 17.6 Å². The molecule has 0 unspecified atom stereocenters. The van der Waals surface area contributed by atoms with E-state index in [-0.39, 0.29) is 0 Å². The van der Waals surface area contributed by atoms with Gasteiger partial charge in [-0.1, -0.05) is 0 Å². The van der Waals surface area contributed by atoms with Crippen LogP contribution in [0.3, 0.4) is 0 Å². The number of benzene rings is 1. The Morgan fingerprint density at radius 1 is 1.29 bits per heavy atom. The Balaban J connectivity index is 1.62. The fourth-order valence-electron chi connectivity index (χ4n) is 3.41. The normalized spacial score (nSPS) is 17.6. The lowest BCUT2D eigenvalue weighted by atomic mass is 9.92. The molecule has 0 aliphatic carbocycles. The molecular formula is C17H26N4. The summed E-state index contributed by atoms with van der Waals surface area (Å²) in [7, 11) is 2.22. The van der Waals surface area contributed by atoms with Crippen molar-refractivity contribution in [2.75, 3.05) is 25.9 Å². The summed E-state index contributed by atoms with van der Waals surface area (Å²) in [5, 5.41) is 5.90. The van der Waals surface area contributed by atoms with Crippen molar-refractivity contribution >= 4 is 16.6 Å². The van der Waals surface area contributed by atoms with E-state index in [1.807, 2.05) is 12.1 Å². The highest BCUT2D eigenvalue weighted by Crippen LogP contribution is 2.24. The van der Waals surface area contributed by atoms with Gasteiger partial charge in [0.1, 0.15) is 0 Å². The number of piperidine rings is 1. The van der Waals surface area contributed by atoms with Crippen molar-refractivity contribution in [3.05, 3.63) is 23.9 Å². The van der Waals surface area contributed by atoms with Crippen LogP contribution in [0.4, 0.5) is 5.69 Å². The number of aromatic nitrogens is 2. The molecule has 1 saturated heterocycles. The number of rotatable bonds is 4. The van der Waals surface area contributed by atoms with Gasteiger partial charge in [0.25, 0.3) is 0 Å². The zero-order chi connectivity index (χ0) is 14.8. The van der Waals surface area contributed by atoms with Gasteiger partial charge >= 0.3 is 0 Å². The van der Waals surface area contributed by atoms with Gasteiger partial charge in [-0.05, 0) is 76.9 Å². The SMILES string of the molecule is Cc1nn(CCCC2CCN(C)CC2)c2cc(N)ccc12. The summed E-state index contributed by atoms with van der Waals surface area (Å²) in [5.74, 6) is 0.897. The van der Waals surface area contributed by atoms with Crippen LogP contribution in [0.2, 0.25) is 0 Å². The number of hydrogen-bond donors (Lipinski definition) is 1. The molecule has 3 rings (SSSR count). The van der Waals surface area contributed by atoms with E-state index >= 15 is 0 Å². The second-order valence-corrected chi connectivity index (χ2v) is 6.47. The number of nitrogens with two attached hydrogens (primary N) is 1. The Bertz CT molecular complexity index is 609. The molecule has 0 amide bonds. The molecule has 0 spiro atoms. The smallest absolute Gasteiger partial charge is 0.0705 e. The maximum Gasteiger partial charge on any atom is 0.0705 e. The lowest BCUT2D eigenvalue weighted by Gasteiger charge is -2.28. The predicted molar refractivity (Wildman–Crippen MR) is 88.3 cm³/mol. The van der Waals surface area contributed by atoms with E-state index in [0.29, 0.717) is 0 Å². The third kappa shape index (κ3) is 3.21. The molecule has 2 heterocycles. The minimum Gasteiger partial charge on any atom is -0.399 e. The van der Waals surface area contributed by atoms with Gasteiger partial charge in [-0.15, -0.1) is 0 Å². The lowest BCUT2D eigenvalue weighted by Crippen LogP contribution is -2.30. The first-order valence-electron chi connectivity index (χ1n) is 8.04. The lowest BCUT2D eigenvalue weighted by molar-refractivity contribution is 0.208. The molecule has 0 atom stereocenters. The summed E-state index contributed by atoms with van der Waals surface area (Å²) in [6.45, 7) is 5.59. The fourth-order valence-corrected chi connectivity index (χ4v) is 3.41. The Labute approximate surface area is 126 Å². The molecular weight excluding hydrogens is 260 g/mol. The molecule has 1 aromatic carbocycles. The van der Waals surface area contributed by atoms with Crippen LogP contribution < -0.4 is 5.73 Å². The molecule has 0 bridgehead atoms. The third-order valence-electron chi connectivity index (χ3n) is 4.78. The van der Waals surface area contributed by atoms with Gasteiger partial charge in [-0.3, -0.25) is 4.68 Å².